The molecule has 0 radical (unpaired) electrons. The quantitative estimate of drug-likeness (QED) is 0.325. The van der Waals surface area contributed by atoms with Crippen molar-refractivity contribution >= 4 is 23.5 Å². The second kappa shape index (κ2) is 13.4. The van der Waals surface area contributed by atoms with Crippen molar-refractivity contribution < 1.29 is 57.1 Å². The second-order valence-electron chi connectivity index (χ2n) is 11.6. The van der Waals surface area contributed by atoms with Crippen LogP contribution >= 0.6 is 0 Å². The Hall–Kier alpha value is -4.69. The number of carbonyl (C=O) groups excluding carboxylic acids is 4. The lowest BCUT2D eigenvalue weighted by atomic mass is 9.45. The molecule has 4 heterocycles. The average Bonchev–Trinajstić information content (AvgIpc) is 3.09. The number of ketones is 2. The molecule has 3 aliphatic heterocycles. The summed E-state index contributed by atoms with van der Waals surface area (Å²) in [6.45, 7) is 0.899. The van der Waals surface area contributed by atoms with Gasteiger partial charge in [-0.25, -0.2) is 9.59 Å². The van der Waals surface area contributed by atoms with Gasteiger partial charge in [0.15, 0.2) is 11.6 Å². The van der Waals surface area contributed by atoms with Crippen molar-refractivity contribution in [3.05, 3.63) is 89.2 Å². The van der Waals surface area contributed by atoms with Gasteiger partial charge in [0, 0.05) is 0 Å². The molecule has 1 fully saturated rings. The van der Waals surface area contributed by atoms with Crippen molar-refractivity contribution in [2.45, 2.75) is 24.4 Å². The Morgan fingerprint density at radius 3 is 1.40 bits per heavy atom. The van der Waals surface area contributed by atoms with Crippen molar-refractivity contribution in [2.75, 3.05) is 52.9 Å². The minimum atomic E-state index is -2.38. The molecule has 2 spiro atoms. The molecule has 2 bridgehead atoms. The molecular weight excluding hydrogens is 626 g/mol. The highest BCUT2D eigenvalue weighted by Crippen LogP contribution is 2.64. The van der Waals surface area contributed by atoms with Crippen LogP contribution < -0.4 is 9.47 Å². The molecule has 1 saturated carbocycles. The first-order chi connectivity index (χ1) is 23.5. The summed E-state index contributed by atoms with van der Waals surface area (Å²) >= 11 is 0. The van der Waals surface area contributed by atoms with Crippen molar-refractivity contribution in [3.63, 3.8) is 0 Å². The van der Waals surface area contributed by atoms with E-state index in [4.69, 9.17) is 37.9 Å². The van der Waals surface area contributed by atoms with Crippen LogP contribution in [-0.4, -0.2) is 92.5 Å². The maximum atomic E-state index is 14.2. The molecule has 2 aromatic carbocycles. The van der Waals surface area contributed by atoms with Gasteiger partial charge in [-0.1, -0.05) is 30.3 Å². The van der Waals surface area contributed by atoms with Gasteiger partial charge >= 0.3 is 11.9 Å². The zero-order chi connectivity index (χ0) is 33.1. The van der Waals surface area contributed by atoms with Gasteiger partial charge in [0.05, 0.1) is 87.2 Å². The number of Topliss-reactive ketones (excluding diaryl/α,β-unsaturated/α-hetero) is 2. The fraction of sp³-hybridized carbons (Fsp3) is 0.400. The van der Waals surface area contributed by atoms with Gasteiger partial charge in [0.2, 0.25) is 0 Å². The first-order valence-electron chi connectivity index (χ1n) is 15.7. The van der Waals surface area contributed by atoms with Crippen molar-refractivity contribution in [1.82, 2.24) is 4.98 Å². The molecule has 1 aliphatic carbocycles. The van der Waals surface area contributed by atoms with E-state index < -0.39 is 46.5 Å². The van der Waals surface area contributed by atoms with Gasteiger partial charge < -0.3 is 37.9 Å². The number of hydrogen-bond donors (Lipinski definition) is 0. The van der Waals surface area contributed by atoms with E-state index in [9.17, 15) is 19.2 Å². The molecule has 3 aromatic rings. The molecule has 0 saturated heterocycles. The van der Waals surface area contributed by atoms with Crippen LogP contribution in [0.3, 0.4) is 0 Å². The number of esters is 2. The van der Waals surface area contributed by atoms with Crippen LogP contribution in [0.1, 0.15) is 32.1 Å². The van der Waals surface area contributed by atoms with Crippen LogP contribution in [0.4, 0.5) is 0 Å². The van der Waals surface area contributed by atoms with Gasteiger partial charge in [0.1, 0.15) is 24.7 Å². The normalized spacial score (nSPS) is 28.2. The summed E-state index contributed by atoms with van der Waals surface area (Å²) < 4.78 is 46.5. The Labute approximate surface area is 275 Å². The number of nitrogens with zero attached hydrogens (tertiary/aromatic N) is 1. The molecule has 48 heavy (non-hydrogen) atoms. The van der Waals surface area contributed by atoms with E-state index in [1.165, 1.54) is 24.3 Å². The number of carbonyl (C=O) groups is 4. The second-order valence-corrected chi connectivity index (χ2v) is 11.6. The first-order valence-corrected chi connectivity index (χ1v) is 15.7. The number of pyridine rings is 1. The van der Waals surface area contributed by atoms with Gasteiger partial charge in [-0.3, -0.25) is 14.6 Å². The third kappa shape index (κ3) is 5.32. The summed E-state index contributed by atoms with van der Waals surface area (Å²) in [5.74, 6) is -5.99. The molecule has 4 aliphatic rings. The Balaban J connectivity index is 1.19. The van der Waals surface area contributed by atoms with Gasteiger partial charge in [0.25, 0.3) is 11.2 Å². The van der Waals surface area contributed by atoms with Crippen LogP contribution in [-0.2, 0) is 51.2 Å². The minimum Gasteiger partial charge on any atom is -0.469 e. The number of cyclic esters (lactones) is 2. The molecule has 0 amide bonds. The maximum Gasteiger partial charge on any atom is 0.356 e. The monoisotopic (exact) mass is 659 g/mol. The predicted molar refractivity (Wildman–Crippen MR) is 162 cm³/mol. The number of rotatable bonds is 0. The van der Waals surface area contributed by atoms with Crippen LogP contribution in [0.2, 0.25) is 0 Å². The van der Waals surface area contributed by atoms with Gasteiger partial charge in [-0.15, -0.1) is 0 Å². The molecule has 13 heteroatoms. The highest BCUT2D eigenvalue weighted by atomic mass is 16.6. The van der Waals surface area contributed by atoms with Crippen molar-refractivity contribution in [1.29, 1.82) is 0 Å². The topological polar surface area (TPSA) is 155 Å². The minimum absolute atomic E-state index is 0.0215. The lowest BCUT2D eigenvalue weighted by Crippen LogP contribution is -2.90. The predicted octanol–water partition coefficient (Wildman–Crippen LogP) is 2.52. The lowest BCUT2D eigenvalue weighted by molar-refractivity contribution is -0.262. The molecule has 250 valence electrons. The lowest BCUT2D eigenvalue weighted by Gasteiger charge is -2.64. The Morgan fingerprint density at radius 2 is 0.917 bits per heavy atom. The van der Waals surface area contributed by atoms with Crippen LogP contribution in [0.15, 0.2) is 66.7 Å². The molecule has 1 aromatic heterocycles. The van der Waals surface area contributed by atoms with E-state index in [0.717, 1.165) is 11.4 Å². The van der Waals surface area contributed by atoms with Gasteiger partial charge in [-0.05, 0) is 36.4 Å². The smallest absolute Gasteiger partial charge is 0.356 e. The van der Waals surface area contributed by atoms with E-state index in [2.05, 4.69) is 4.98 Å². The van der Waals surface area contributed by atoms with Crippen LogP contribution in [0, 0.1) is 11.8 Å². The van der Waals surface area contributed by atoms with Gasteiger partial charge in [-0.2, -0.15) is 0 Å². The fourth-order valence-corrected chi connectivity index (χ4v) is 6.71. The highest BCUT2D eigenvalue weighted by Gasteiger charge is 2.90. The van der Waals surface area contributed by atoms with E-state index in [1.54, 1.807) is 24.3 Å². The maximum absolute atomic E-state index is 14.2. The van der Waals surface area contributed by atoms with E-state index >= 15 is 0 Å². The Morgan fingerprint density at radius 1 is 0.500 bits per heavy atom. The molecule has 13 nitrogen and oxygen atoms in total. The highest BCUT2D eigenvalue weighted by molar-refractivity contribution is 6.19. The summed E-state index contributed by atoms with van der Waals surface area (Å²) in [6, 6.07) is 18.2. The molecule has 0 unspecified atom stereocenters. The third-order valence-corrected chi connectivity index (χ3v) is 8.81. The van der Waals surface area contributed by atoms with E-state index in [1.807, 2.05) is 18.2 Å². The average molecular weight is 660 g/mol. The number of aromatic nitrogens is 1. The van der Waals surface area contributed by atoms with Crippen LogP contribution in [0.25, 0.3) is 0 Å². The summed E-state index contributed by atoms with van der Waals surface area (Å²) in [5.41, 5.74) is -2.95. The molecule has 0 N–H and O–H groups in total. The first kappa shape index (κ1) is 31.9. The van der Waals surface area contributed by atoms with E-state index in [-0.39, 0.29) is 88.7 Å². The summed E-state index contributed by atoms with van der Waals surface area (Å²) in [6.07, 6.45) is 0. The number of hydrogen-bond acceptors (Lipinski definition) is 13. The van der Waals surface area contributed by atoms with E-state index in [0.29, 0.717) is 0 Å². The molecule has 4 atom stereocenters. The number of para-hydroxylation sites is 2. The number of benzene rings is 2. The van der Waals surface area contributed by atoms with Crippen molar-refractivity contribution in [2.24, 2.45) is 11.8 Å². The SMILES string of the molecule is O=C1c2ccccc2O[C@]23C(=O)OCCOCCOCc4cccc(n4)COCCOCCOC(=O)[C@@]24Oc2ccccc2C(=O)[C@H]4[C@H]13. The Kier molecular flexibility index (Phi) is 8.92. The Bertz CT molecular complexity index is 1610. The fourth-order valence-electron chi connectivity index (χ4n) is 6.71. The summed E-state index contributed by atoms with van der Waals surface area (Å²) in [5, 5.41) is 0. The van der Waals surface area contributed by atoms with Crippen molar-refractivity contribution in [3.8, 4) is 11.5 Å². The third-order valence-electron chi connectivity index (χ3n) is 8.81. The summed E-state index contributed by atoms with van der Waals surface area (Å²) in [7, 11) is 0. The number of ether oxygens (including phenoxy) is 8. The number of fused-ring (bicyclic) bond motifs is 5. The zero-order valence-corrected chi connectivity index (χ0v) is 25.9. The zero-order valence-electron chi connectivity index (χ0n) is 25.9. The molecular formula is C35H33NO12. The standard InChI is InChI=1S/C35H33NO12/c37-30-24-8-1-3-10-26(24)47-34-28(30)29-31(38)25-9-2-4-11-27(25)48-35(29,34)33(40)46-19-17-42-13-15-44-21-23-7-5-6-22(36-23)20-43-14-12-41-16-18-45-32(34)39/h1-11,28-29H,12-21H2/t28-,29-,34-,35-/m1/s1. The largest absolute Gasteiger partial charge is 0.469 e. The van der Waals surface area contributed by atoms with Crippen LogP contribution in [0.5, 0.6) is 11.5 Å². The summed E-state index contributed by atoms with van der Waals surface area (Å²) in [4.78, 5) is 61.2. The molecule has 7 rings (SSSR count).